The molecule has 0 amide bonds. The van der Waals surface area contributed by atoms with Gasteiger partial charge in [0.05, 0.1) is 6.10 Å². The van der Waals surface area contributed by atoms with E-state index in [-0.39, 0.29) is 12.1 Å². The molecule has 4 N–H and O–H groups in total. The maximum atomic E-state index is 9.79. The Balaban J connectivity index is 1.74. The van der Waals surface area contributed by atoms with Crippen LogP contribution in [0, 0.1) is 5.92 Å². The third-order valence-electron chi connectivity index (χ3n) is 3.01. The van der Waals surface area contributed by atoms with Gasteiger partial charge in [0.1, 0.15) is 6.33 Å². The number of imidazole rings is 1. The molecule has 2 aromatic rings. The summed E-state index contributed by atoms with van der Waals surface area (Å²) in [5.41, 5.74) is 5.65. The first kappa shape index (κ1) is 11.8. The van der Waals surface area contributed by atoms with Gasteiger partial charge in [-0.3, -0.25) is 4.57 Å². The highest BCUT2D eigenvalue weighted by molar-refractivity contribution is 5.35. The molecule has 100 valence electrons. The zero-order valence-corrected chi connectivity index (χ0v) is 10.3. The number of aromatic nitrogens is 5. The number of anilines is 2. The van der Waals surface area contributed by atoms with Crippen molar-refractivity contribution < 1.29 is 5.11 Å². The predicted molar refractivity (Wildman–Crippen MR) is 68.6 cm³/mol. The van der Waals surface area contributed by atoms with E-state index in [0.29, 0.717) is 24.4 Å². The Morgan fingerprint density at radius 2 is 2.26 bits per heavy atom. The lowest BCUT2D eigenvalue weighted by molar-refractivity contribution is 0.164. The third-order valence-corrected chi connectivity index (χ3v) is 3.01. The fourth-order valence-corrected chi connectivity index (χ4v) is 1.80. The first-order chi connectivity index (χ1) is 9.22. The topological polar surface area (TPSA) is 115 Å². The van der Waals surface area contributed by atoms with E-state index < -0.39 is 0 Å². The normalized spacial score (nSPS) is 16.3. The summed E-state index contributed by atoms with van der Waals surface area (Å²) < 4.78 is 1.64. The van der Waals surface area contributed by atoms with Crippen LogP contribution < -0.4 is 11.1 Å². The maximum absolute atomic E-state index is 9.79. The van der Waals surface area contributed by atoms with Gasteiger partial charge in [0, 0.05) is 18.9 Å². The van der Waals surface area contributed by atoms with Crippen molar-refractivity contribution in [2.75, 3.05) is 17.6 Å². The van der Waals surface area contributed by atoms with Crippen LogP contribution in [0.2, 0.25) is 0 Å². The lowest BCUT2D eigenvalue weighted by Gasteiger charge is -2.11. The lowest BCUT2D eigenvalue weighted by Crippen LogP contribution is -2.23. The second kappa shape index (κ2) is 4.81. The van der Waals surface area contributed by atoms with Crippen LogP contribution in [0.3, 0.4) is 0 Å². The Morgan fingerprint density at radius 3 is 2.95 bits per heavy atom. The van der Waals surface area contributed by atoms with Crippen LogP contribution in [0.25, 0.3) is 5.95 Å². The van der Waals surface area contributed by atoms with Crippen LogP contribution in [0.15, 0.2) is 18.7 Å². The smallest absolute Gasteiger partial charge is 0.241 e. The fraction of sp³-hybridized carbons (Fsp3) is 0.455. The Kier molecular flexibility index (Phi) is 3.00. The van der Waals surface area contributed by atoms with Crippen LogP contribution in [0.4, 0.5) is 11.9 Å². The summed E-state index contributed by atoms with van der Waals surface area (Å²) in [6, 6.07) is 0. The van der Waals surface area contributed by atoms with Crippen molar-refractivity contribution in [3.05, 3.63) is 18.7 Å². The average Bonchev–Trinajstić information content (AvgIpc) is 3.10. The van der Waals surface area contributed by atoms with Gasteiger partial charge in [0.2, 0.25) is 17.8 Å². The molecule has 1 fully saturated rings. The van der Waals surface area contributed by atoms with Crippen LogP contribution in [-0.4, -0.2) is 42.3 Å². The molecule has 8 nitrogen and oxygen atoms in total. The Hall–Kier alpha value is -2.22. The van der Waals surface area contributed by atoms with Gasteiger partial charge >= 0.3 is 0 Å². The number of nitrogens with one attached hydrogen (secondary N) is 1. The molecule has 2 aromatic heterocycles. The summed E-state index contributed by atoms with van der Waals surface area (Å²) in [7, 11) is 0. The molecule has 8 heteroatoms. The fourth-order valence-electron chi connectivity index (χ4n) is 1.80. The molecular formula is C11H15N7O. The molecule has 2 heterocycles. The van der Waals surface area contributed by atoms with E-state index >= 15 is 0 Å². The van der Waals surface area contributed by atoms with Gasteiger partial charge in [-0.1, -0.05) is 0 Å². The van der Waals surface area contributed by atoms with E-state index in [4.69, 9.17) is 5.73 Å². The van der Waals surface area contributed by atoms with Crippen LogP contribution in [0.5, 0.6) is 0 Å². The Morgan fingerprint density at radius 1 is 1.42 bits per heavy atom. The van der Waals surface area contributed by atoms with Crippen molar-refractivity contribution in [3.63, 3.8) is 0 Å². The molecule has 0 aliphatic heterocycles. The predicted octanol–water partition coefficient (Wildman–Crippen LogP) is -0.178. The summed E-state index contributed by atoms with van der Waals surface area (Å²) in [6.45, 7) is 0.414. The minimum atomic E-state index is -0.366. The van der Waals surface area contributed by atoms with Crippen molar-refractivity contribution >= 4 is 11.9 Å². The Bertz CT molecular complexity index is 552. The number of nitrogens with zero attached hydrogens (tertiary/aromatic N) is 5. The van der Waals surface area contributed by atoms with E-state index in [1.807, 2.05) is 0 Å². The molecule has 1 atom stereocenters. The summed E-state index contributed by atoms with van der Waals surface area (Å²) in [4.78, 5) is 16.2. The molecule has 1 aliphatic carbocycles. The quantitative estimate of drug-likeness (QED) is 0.684. The van der Waals surface area contributed by atoms with Gasteiger partial charge in [0.25, 0.3) is 0 Å². The van der Waals surface area contributed by atoms with Crippen molar-refractivity contribution in [1.82, 2.24) is 24.5 Å². The second-order valence-corrected chi connectivity index (χ2v) is 4.57. The molecule has 0 saturated heterocycles. The first-order valence-corrected chi connectivity index (χ1v) is 6.14. The van der Waals surface area contributed by atoms with Gasteiger partial charge < -0.3 is 16.2 Å². The van der Waals surface area contributed by atoms with Crippen molar-refractivity contribution in [2.24, 2.45) is 5.92 Å². The highest BCUT2D eigenvalue weighted by atomic mass is 16.3. The number of aliphatic hydroxyl groups excluding tert-OH is 1. The van der Waals surface area contributed by atoms with E-state index in [1.54, 1.807) is 23.3 Å². The number of hydrogen-bond donors (Lipinski definition) is 3. The molecule has 0 spiro atoms. The molecule has 0 aromatic carbocycles. The highest BCUT2D eigenvalue weighted by Gasteiger charge is 2.29. The Labute approximate surface area is 109 Å². The lowest BCUT2D eigenvalue weighted by atomic mass is 10.2. The third kappa shape index (κ3) is 2.79. The second-order valence-electron chi connectivity index (χ2n) is 4.57. The molecule has 0 radical (unpaired) electrons. The van der Waals surface area contributed by atoms with E-state index in [9.17, 15) is 5.11 Å². The monoisotopic (exact) mass is 261 g/mol. The minimum Gasteiger partial charge on any atom is -0.391 e. The number of rotatable bonds is 5. The zero-order chi connectivity index (χ0) is 13.2. The SMILES string of the molecule is Nc1nc(NCC(O)C2CC2)nc(-n2ccnc2)n1. The van der Waals surface area contributed by atoms with E-state index in [2.05, 4.69) is 25.3 Å². The number of nitrogen functional groups attached to an aromatic ring is 1. The van der Waals surface area contributed by atoms with Gasteiger partial charge in [-0.15, -0.1) is 0 Å². The van der Waals surface area contributed by atoms with E-state index in [0.717, 1.165) is 12.8 Å². The maximum Gasteiger partial charge on any atom is 0.241 e. The largest absolute Gasteiger partial charge is 0.391 e. The molecule has 1 unspecified atom stereocenters. The molecule has 1 aliphatic rings. The summed E-state index contributed by atoms with van der Waals surface area (Å²) in [5.74, 6) is 1.28. The van der Waals surface area contributed by atoms with Crippen LogP contribution >= 0.6 is 0 Å². The minimum absolute atomic E-state index is 0.127. The molecule has 1 saturated carbocycles. The van der Waals surface area contributed by atoms with Gasteiger partial charge in [0.15, 0.2) is 0 Å². The summed E-state index contributed by atoms with van der Waals surface area (Å²) in [5, 5.41) is 12.8. The average molecular weight is 261 g/mol. The van der Waals surface area contributed by atoms with Gasteiger partial charge in [-0.25, -0.2) is 4.98 Å². The number of aliphatic hydroxyl groups is 1. The van der Waals surface area contributed by atoms with Crippen molar-refractivity contribution in [1.29, 1.82) is 0 Å². The number of nitrogens with two attached hydrogens (primary N) is 1. The van der Waals surface area contributed by atoms with Crippen molar-refractivity contribution in [2.45, 2.75) is 18.9 Å². The van der Waals surface area contributed by atoms with Crippen LogP contribution in [0.1, 0.15) is 12.8 Å². The van der Waals surface area contributed by atoms with Gasteiger partial charge in [-0.05, 0) is 18.8 Å². The van der Waals surface area contributed by atoms with Crippen molar-refractivity contribution in [3.8, 4) is 5.95 Å². The zero-order valence-electron chi connectivity index (χ0n) is 10.3. The highest BCUT2D eigenvalue weighted by Crippen LogP contribution is 2.32. The number of hydrogen-bond acceptors (Lipinski definition) is 7. The van der Waals surface area contributed by atoms with E-state index in [1.165, 1.54) is 0 Å². The molecule has 3 rings (SSSR count). The molecule has 0 bridgehead atoms. The van der Waals surface area contributed by atoms with Crippen LogP contribution in [-0.2, 0) is 0 Å². The standard InChI is InChI=1S/C11H15N7O/c12-9-15-10(14-5-8(19)7-1-2-7)17-11(16-9)18-4-3-13-6-18/h3-4,6-8,19H,1-2,5H2,(H3,12,14,15,16,17). The molecular weight excluding hydrogens is 246 g/mol. The first-order valence-electron chi connectivity index (χ1n) is 6.14. The summed E-state index contributed by atoms with van der Waals surface area (Å²) in [6.07, 6.45) is 6.74. The van der Waals surface area contributed by atoms with Gasteiger partial charge in [-0.2, -0.15) is 15.0 Å². The molecule has 19 heavy (non-hydrogen) atoms. The summed E-state index contributed by atoms with van der Waals surface area (Å²) >= 11 is 0.